The van der Waals surface area contributed by atoms with E-state index in [-0.39, 0.29) is 25.0 Å². The summed E-state index contributed by atoms with van der Waals surface area (Å²) < 4.78 is 18.5. The zero-order valence-electron chi connectivity index (χ0n) is 12.1. The number of rotatable bonds is 9. The number of aliphatic hydroxyl groups excluding tert-OH is 2. The summed E-state index contributed by atoms with van der Waals surface area (Å²) in [7, 11) is 0. The Balaban J connectivity index is 2.33. The minimum Gasteiger partial charge on any atom is -0.488 e. The first kappa shape index (κ1) is 16.9. The van der Waals surface area contributed by atoms with Gasteiger partial charge < -0.3 is 20.3 Å². The van der Waals surface area contributed by atoms with Gasteiger partial charge in [0.05, 0.1) is 0 Å². The van der Waals surface area contributed by atoms with Gasteiger partial charge in [-0.3, -0.25) is 0 Å². The summed E-state index contributed by atoms with van der Waals surface area (Å²) in [5.74, 6) is 0.0668. The van der Waals surface area contributed by atoms with E-state index in [1.807, 2.05) is 0 Å². The first-order chi connectivity index (χ1) is 9.54. The topological polar surface area (TPSA) is 61.7 Å². The second kappa shape index (κ2) is 8.89. The van der Waals surface area contributed by atoms with Crippen LogP contribution in [0.1, 0.15) is 20.3 Å². The van der Waals surface area contributed by atoms with E-state index in [4.69, 9.17) is 9.84 Å². The average Bonchev–Trinajstić information content (AvgIpc) is 2.42. The third-order valence-electron chi connectivity index (χ3n) is 3.13. The van der Waals surface area contributed by atoms with Crippen LogP contribution in [-0.2, 0) is 0 Å². The lowest BCUT2D eigenvalue weighted by Gasteiger charge is -2.23. The smallest absolute Gasteiger partial charge is 0.165 e. The zero-order chi connectivity index (χ0) is 15.0. The van der Waals surface area contributed by atoms with Gasteiger partial charge in [0.1, 0.15) is 12.7 Å². The minimum atomic E-state index is -0.727. The summed E-state index contributed by atoms with van der Waals surface area (Å²) >= 11 is 0. The van der Waals surface area contributed by atoms with Crippen LogP contribution in [0.25, 0.3) is 0 Å². The molecule has 0 heterocycles. The molecular weight excluding hydrogens is 261 g/mol. The molecule has 3 N–H and O–H groups in total. The van der Waals surface area contributed by atoms with E-state index in [0.29, 0.717) is 18.9 Å². The predicted molar refractivity (Wildman–Crippen MR) is 76.2 cm³/mol. The molecular formula is C15H24FNO3. The van der Waals surface area contributed by atoms with Crippen LogP contribution in [0.4, 0.5) is 4.39 Å². The molecule has 1 aromatic rings. The third kappa shape index (κ3) is 5.86. The first-order valence-corrected chi connectivity index (χ1v) is 6.94. The molecule has 0 saturated heterocycles. The number of nitrogens with one attached hydrogen (secondary N) is 1. The largest absolute Gasteiger partial charge is 0.488 e. The van der Waals surface area contributed by atoms with Gasteiger partial charge in [0, 0.05) is 19.2 Å². The molecule has 2 unspecified atom stereocenters. The van der Waals surface area contributed by atoms with Gasteiger partial charge in [-0.1, -0.05) is 26.0 Å². The number of para-hydroxylation sites is 1. The van der Waals surface area contributed by atoms with Gasteiger partial charge in [0.2, 0.25) is 0 Å². The Labute approximate surface area is 119 Å². The summed E-state index contributed by atoms with van der Waals surface area (Å²) in [5, 5.41) is 22.0. The van der Waals surface area contributed by atoms with Gasteiger partial charge in [-0.25, -0.2) is 4.39 Å². The molecule has 20 heavy (non-hydrogen) atoms. The molecule has 0 saturated carbocycles. The highest BCUT2D eigenvalue weighted by Gasteiger charge is 2.14. The van der Waals surface area contributed by atoms with E-state index in [9.17, 15) is 9.50 Å². The van der Waals surface area contributed by atoms with Gasteiger partial charge in [-0.15, -0.1) is 0 Å². The lowest BCUT2D eigenvalue weighted by molar-refractivity contribution is 0.0975. The van der Waals surface area contributed by atoms with Crippen LogP contribution in [0.2, 0.25) is 0 Å². The van der Waals surface area contributed by atoms with Crippen molar-refractivity contribution in [1.29, 1.82) is 0 Å². The number of benzene rings is 1. The first-order valence-electron chi connectivity index (χ1n) is 6.94. The Bertz CT molecular complexity index is 387. The summed E-state index contributed by atoms with van der Waals surface area (Å²) in [6, 6.07) is 6.25. The van der Waals surface area contributed by atoms with E-state index in [2.05, 4.69) is 19.2 Å². The fraction of sp³-hybridized carbons (Fsp3) is 0.600. The molecule has 1 aromatic carbocycles. The van der Waals surface area contributed by atoms with Crippen molar-refractivity contribution in [2.45, 2.75) is 32.4 Å². The maximum atomic E-state index is 13.3. The van der Waals surface area contributed by atoms with Crippen LogP contribution in [0.3, 0.4) is 0 Å². The van der Waals surface area contributed by atoms with Crippen LogP contribution in [-0.4, -0.2) is 42.1 Å². The highest BCUT2D eigenvalue weighted by atomic mass is 19.1. The SMILES string of the molecule is CC(C)C(CCO)NCC(O)COc1ccccc1F. The molecule has 114 valence electrons. The molecule has 0 spiro atoms. The van der Waals surface area contributed by atoms with E-state index in [1.165, 1.54) is 12.1 Å². The molecule has 0 aromatic heterocycles. The van der Waals surface area contributed by atoms with Crippen molar-refractivity contribution in [3.05, 3.63) is 30.1 Å². The molecule has 4 nitrogen and oxygen atoms in total. The van der Waals surface area contributed by atoms with Gasteiger partial charge in [0.25, 0.3) is 0 Å². The molecule has 5 heteroatoms. The maximum absolute atomic E-state index is 13.3. The van der Waals surface area contributed by atoms with Crippen LogP contribution < -0.4 is 10.1 Å². The van der Waals surface area contributed by atoms with E-state index >= 15 is 0 Å². The van der Waals surface area contributed by atoms with Crippen LogP contribution in [0, 0.1) is 11.7 Å². The minimum absolute atomic E-state index is 0.0257. The molecule has 0 fully saturated rings. The van der Waals surface area contributed by atoms with Gasteiger partial charge in [-0.2, -0.15) is 0 Å². The lowest BCUT2D eigenvalue weighted by Crippen LogP contribution is -2.41. The number of ether oxygens (including phenoxy) is 1. The fourth-order valence-corrected chi connectivity index (χ4v) is 1.90. The van der Waals surface area contributed by atoms with Gasteiger partial charge >= 0.3 is 0 Å². The Kier molecular flexibility index (Phi) is 7.51. The number of hydrogen-bond donors (Lipinski definition) is 3. The van der Waals surface area contributed by atoms with E-state index < -0.39 is 11.9 Å². The van der Waals surface area contributed by atoms with Crippen molar-refractivity contribution in [2.24, 2.45) is 5.92 Å². The van der Waals surface area contributed by atoms with Crippen LogP contribution in [0.5, 0.6) is 5.75 Å². The Morgan fingerprint density at radius 2 is 2.00 bits per heavy atom. The Hall–Kier alpha value is -1.17. The number of halogens is 1. The molecule has 0 aliphatic rings. The van der Waals surface area contributed by atoms with Gasteiger partial charge in [0.15, 0.2) is 11.6 Å². The monoisotopic (exact) mass is 285 g/mol. The van der Waals surface area contributed by atoms with Crippen molar-refractivity contribution in [3.8, 4) is 5.75 Å². The summed E-state index contributed by atoms with van der Waals surface area (Å²) in [6.45, 7) is 4.58. The zero-order valence-corrected chi connectivity index (χ0v) is 12.1. The average molecular weight is 285 g/mol. The second-order valence-electron chi connectivity index (χ2n) is 5.17. The van der Waals surface area contributed by atoms with Crippen molar-refractivity contribution < 1.29 is 19.3 Å². The fourth-order valence-electron chi connectivity index (χ4n) is 1.90. The highest BCUT2D eigenvalue weighted by molar-refractivity contribution is 5.23. The summed E-state index contributed by atoms with van der Waals surface area (Å²) in [4.78, 5) is 0. The molecule has 0 radical (unpaired) electrons. The standard InChI is InChI=1S/C15H24FNO3/c1-11(2)14(7-8-18)17-9-12(19)10-20-15-6-4-3-5-13(15)16/h3-6,11-12,14,17-19H,7-10H2,1-2H3. The van der Waals surface area contributed by atoms with Crippen molar-refractivity contribution >= 4 is 0 Å². The van der Waals surface area contributed by atoms with Crippen molar-refractivity contribution in [2.75, 3.05) is 19.8 Å². The molecule has 0 bridgehead atoms. The Morgan fingerprint density at radius 3 is 2.60 bits per heavy atom. The molecule has 1 rings (SSSR count). The molecule has 2 atom stereocenters. The lowest BCUT2D eigenvalue weighted by atomic mass is 10.0. The van der Waals surface area contributed by atoms with E-state index in [0.717, 1.165) is 0 Å². The quantitative estimate of drug-likeness (QED) is 0.644. The Morgan fingerprint density at radius 1 is 1.30 bits per heavy atom. The van der Waals surface area contributed by atoms with Gasteiger partial charge in [-0.05, 0) is 24.5 Å². The second-order valence-corrected chi connectivity index (χ2v) is 5.17. The number of aliphatic hydroxyl groups is 2. The van der Waals surface area contributed by atoms with Crippen LogP contribution in [0.15, 0.2) is 24.3 Å². The third-order valence-corrected chi connectivity index (χ3v) is 3.13. The van der Waals surface area contributed by atoms with E-state index in [1.54, 1.807) is 12.1 Å². The molecule has 0 aliphatic carbocycles. The van der Waals surface area contributed by atoms with Crippen LogP contribution >= 0.6 is 0 Å². The number of hydrogen-bond acceptors (Lipinski definition) is 4. The highest BCUT2D eigenvalue weighted by Crippen LogP contribution is 2.15. The van der Waals surface area contributed by atoms with Crippen molar-refractivity contribution in [3.63, 3.8) is 0 Å². The molecule has 0 amide bonds. The molecule has 0 aliphatic heterocycles. The normalized spacial score (nSPS) is 14.3. The van der Waals surface area contributed by atoms with Crippen molar-refractivity contribution in [1.82, 2.24) is 5.32 Å². The summed E-state index contributed by atoms with van der Waals surface area (Å²) in [5.41, 5.74) is 0. The predicted octanol–water partition coefficient (Wildman–Crippen LogP) is 1.56. The summed E-state index contributed by atoms with van der Waals surface area (Å²) in [6.07, 6.45) is -0.0898. The maximum Gasteiger partial charge on any atom is 0.165 e.